The van der Waals surface area contributed by atoms with Crippen LogP contribution < -0.4 is 0 Å². The van der Waals surface area contributed by atoms with E-state index in [1.54, 1.807) is 17.0 Å². The predicted octanol–water partition coefficient (Wildman–Crippen LogP) is 4.28. The van der Waals surface area contributed by atoms with Crippen LogP contribution in [0.25, 0.3) is 0 Å². The van der Waals surface area contributed by atoms with E-state index in [0.717, 1.165) is 16.2 Å². The van der Waals surface area contributed by atoms with E-state index in [9.17, 15) is 19.7 Å². The zero-order chi connectivity index (χ0) is 21.3. The third-order valence-corrected chi connectivity index (χ3v) is 6.50. The molecule has 4 rings (SSSR count). The van der Waals surface area contributed by atoms with Gasteiger partial charge in [0.25, 0.3) is 5.69 Å². The first-order valence-corrected chi connectivity index (χ1v) is 10.5. The van der Waals surface area contributed by atoms with Crippen molar-refractivity contribution in [1.82, 2.24) is 4.90 Å². The standard InChI is InChI=1S/C22H20N2O5S/c1-2-17-18-12-19(30-16-6-4-3-5-7-16)20(23(18)21(17)25)22(26)29-13-14-8-10-15(11-9-14)24(27)28/h3-11,17-18H,2,12-13H2,1H3. The summed E-state index contributed by atoms with van der Waals surface area (Å²) in [5.74, 6) is -0.637. The van der Waals surface area contributed by atoms with Gasteiger partial charge in [0, 0.05) is 28.4 Å². The summed E-state index contributed by atoms with van der Waals surface area (Å²) in [6.45, 7) is 1.96. The van der Waals surface area contributed by atoms with Crippen LogP contribution in [0, 0.1) is 16.0 Å². The Morgan fingerprint density at radius 2 is 1.90 bits per heavy atom. The molecule has 2 aromatic rings. The number of non-ortho nitro benzene ring substituents is 1. The van der Waals surface area contributed by atoms with Crippen LogP contribution in [-0.4, -0.2) is 27.7 Å². The van der Waals surface area contributed by atoms with E-state index in [1.807, 2.05) is 37.3 Å². The average Bonchev–Trinajstić information content (AvgIpc) is 3.08. The molecule has 2 aliphatic rings. The van der Waals surface area contributed by atoms with E-state index in [1.165, 1.54) is 23.9 Å². The SMILES string of the molecule is CCC1C(=O)N2C(C(=O)OCc3ccc([N+](=O)[O-])cc3)=C(Sc3ccccc3)CC12. The summed E-state index contributed by atoms with van der Waals surface area (Å²) in [6, 6.07) is 15.6. The third-order valence-electron chi connectivity index (χ3n) is 5.38. The van der Waals surface area contributed by atoms with E-state index in [4.69, 9.17) is 4.74 Å². The molecule has 1 saturated heterocycles. The molecule has 0 aliphatic carbocycles. The first kappa shape index (κ1) is 20.2. The van der Waals surface area contributed by atoms with Crippen molar-refractivity contribution >= 4 is 29.3 Å². The summed E-state index contributed by atoms with van der Waals surface area (Å²) in [5.41, 5.74) is 0.943. The van der Waals surface area contributed by atoms with Gasteiger partial charge in [0.2, 0.25) is 5.91 Å². The number of nitro benzene ring substituents is 1. The van der Waals surface area contributed by atoms with Crippen molar-refractivity contribution in [2.24, 2.45) is 5.92 Å². The van der Waals surface area contributed by atoms with Gasteiger partial charge in [-0.05, 0) is 36.2 Å². The summed E-state index contributed by atoms with van der Waals surface area (Å²) in [6.07, 6.45) is 1.39. The van der Waals surface area contributed by atoms with Gasteiger partial charge in [-0.3, -0.25) is 14.9 Å². The number of carbonyl (C=O) groups is 2. The van der Waals surface area contributed by atoms with Crippen LogP contribution in [-0.2, 0) is 20.9 Å². The number of nitro groups is 1. The van der Waals surface area contributed by atoms with Crippen LogP contribution in [0.1, 0.15) is 25.3 Å². The van der Waals surface area contributed by atoms with E-state index in [-0.39, 0.29) is 30.2 Å². The molecule has 8 heteroatoms. The highest BCUT2D eigenvalue weighted by atomic mass is 32.2. The molecule has 0 spiro atoms. The molecule has 1 fully saturated rings. The van der Waals surface area contributed by atoms with Crippen molar-refractivity contribution in [2.75, 3.05) is 0 Å². The maximum Gasteiger partial charge on any atom is 0.356 e. The van der Waals surface area contributed by atoms with Crippen LogP contribution in [0.5, 0.6) is 0 Å². The molecule has 2 aliphatic heterocycles. The van der Waals surface area contributed by atoms with Crippen LogP contribution in [0.2, 0.25) is 0 Å². The number of nitrogens with zero attached hydrogens (tertiary/aromatic N) is 2. The molecular weight excluding hydrogens is 404 g/mol. The molecule has 2 atom stereocenters. The molecule has 0 N–H and O–H groups in total. The highest BCUT2D eigenvalue weighted by molar-refractivity contribution is 8.03. The fourth-order valence-corrected chi connectivity index (χ4v) is 4.96. The van der Waals surface area contributed by atoms with Gasteiger partial charge < -0.3 is 9.64 Å². The van der Waals surface area contributed by atoms with Gasteiger partial charge in [0.05, 0.1) is 16.9 Å². The zero-order valence-electron chi connectivity index (χ0n) is 16.3. The van der Waals surface area contributed by atoms with Crippen LogP contribution in [0.15, 0.2) is 70.1 Å². The molecule has 0 bridgehead atoms. The number of hydrogen-bond acceptors (Lipinski definition) is 6. The minimum atomic E-state index is -0.544. The van der Waals surface area contributed by atoms with Gasteiger partial charge in [0.15, 0.2) is 0 Å². The fraction of sp³-hybridized carbons (Fsp3) is 0.273. The molecule has 2 aromatic carbocycles. The molecule has 30 heavy (non-hydrogen) atoms. The number of esters is 1. The number of β-lactam (4-membered cyclic amide) rings is 1. The van der Waals surface area contributed by atoms with Gasteiger partial charge in [-0.1, -0.05) is 36.9 Å². The largest absolute Gasteiger partial charge is 0.456 e. The second-order valence-corrected chi connectivity index (χ2v) is 8.35. The highest BCUT2D eigenvalue weighted by Crippen LogP contribution is 2.48. The molecule has 7 nitrogen and oxygen atoms in total. The highest BCUT2D eigenvalue weighted by Gasteiger charge is 2.54. The Morgan fingerprint density at radius 1 is 1.20 bits per heavy atom. The smallest absolute Gasteiger partial charge is 0.356 e. The maximum absolute atomic E-state index is 12.9. The second kappa shape index (κ2) is 8.31. The molecular formula is C22H20N2O5S. The Morgan fingerprint density at radius 3 is 2.53 bits per heavy atom. The van der Waals surface area contributed by atoms with E-state index < -0.39 is 10.9 Å². The predicted molar refractivity (Wildman–Crippen MR) is 111 cm³/mol. The second-order valence-electron chi connectivity index (χ2n) is 7.18. The first-order chi connectivity index (χ1) is 14.5. The quantitative estimate of drug-likeness (QED) is 0.285. The molecule has 1 amide bonds. The summed E-state index contributed by atoms with van der Waals surface area (Å²) < 4.78 is 5.48. The average molecular weight is 424 g/mol. The van der Waals surface area contributed by atoms with E-state index >= 15 is 0 Å². The van der Waals surface area contributed by atoms with Gasteiger partial charge in [-0.2, -0.15) is 0 Å². The summed E-state index contributed by atoms with van der Waals surface area (Å²) in [7, 11) is 0. The number of fused-ring (bicyclic) bond motifs is 1. The van der Waals surface area contributed by atoms with E-state index in [2.05, 4.69) is 0 Å². The van der Waals surface area contributed by atoms with Crippen molar-refractivity contribution in [3.63, 3.8) is 0 Å². The number of ether oxygens (including phenoxy) is 1. The topological polar surface area (TPSA) is 89.8 Å². The first-order valence-electron chi connectivity index (χ1n) is 9.69. The van der Waals surface area contributed by atoms with Crippen LogP contribution >= 0.6 is 11.8 Å². The minimum absolute atomic E-state index is 0.00985. The number of benzene rings is 2. The lowest BCUT2D eigenvalue weighted by Crippen LogP contribution is -2.58. The lowest BCUT2D eigenvalue weighted by Gasteiger charge is -2.43. The normalized spacial score (nSPS) is 20.0. The Hall–Kier alpha value is -3.13. The summed E-state index contributed by atoms with van der Waals surface area (Å²) >= 11 is 1.49. The Bertz CT molecular complexity index is 1020. The number of thioether (sulfide) groups is 1. The lowest BCUT2D eigenvalue weighted by molar-refractivity contribution is -0.384. The Balaban J connectivity index is 1.52. The van der Waals surface area contributed by atoms with Gasteiger partial charge in [-0.25, -0.2) is 4.79 Å². The Labute approximate surface area is 177 Å². The van der Waals surface area contributed by atoms with Gasteiger partial charge in [-0.15, -0.1) is 0 Å². The van der Waals surface area contributed by atoms with Gasteiger partial charge >= 0.3 is 5.97 Å². The number of rotatable bonds is 7. The molecule has 0 aromatic heterocycles. The summed E-state index contributed by atoms with van der Waals surface area (Å²) in [4.78, 5) is 39.2. The molecule has 2 unspecified atom stereocenters. The summed E-state index contributed by atoms with van der Waals surface area (Å²) in [5, 5.41) is 10.8. The van der Waals surface area contributed by atoms with Crippen molar-refractivity contribution in [3.05, 3.63) is 80.9 Å². The van der Waals surface area contributed by atoms with Gasteiger partial charge in [0.1, 0.15) is 12.3 Å². The molecule has 2 heterocycles. The number of hydrogen-bond donors (Lipinski definition) is 0. The minimum Gasteiger partial charge on any atom is -0.456 e. The molecule has 0 radical (unpaired) electrons. The van der Waals surface area contributed by atoms with E-state index in [0.29, 0.717) is 17.7 Å². The molecule has 0 saturated carbocycles. The van der Waals surface area contributed by atoms with Crippen LogP contribution in [0.4, 0.5) is 5.69 Å². The van der Waals surface area contributed by atoms with Crippen molar-refractivity contribution in [3.8, 4) is 0 Å². The maximum atomic E-state index is 12.9. The Kier molecular flexibility index (Phi) is 5.59. The van der Waals surface area contributed by atoms with Crippen molar-refractivity contribution in [2.45, 2.75) is 37.3 Å². The number of carbonyl (C=O) groups excluding carboxylic acids is 2. The monoisotopic (exact) mass is 424 g/mol. The molecule has 154 valence electrons. The zero-order valence-corrected chi connectivity index (χ0v) is 17.1. The third kappa shape index (κ3) is 3.70. The van der Waals surface area contributed by atoms with Crippen LogP contribution in [0.3, 0.4) is 0 Å². The van der Waals surface area contributed by atoms with Crippen molar-refractivity contribution in [1.29, 1.82) is 0 Å². The van der Waals surface area contributed by atoms with Crippen molar-refractivity contribution < 1.29 is 19.2 Å². The fourth-order valence-electron chi connectivity index (χ4n) is 3.85. The number of amides is 1. The lowest BCUT2D eigenvalue weighted by atomic mass is 9.85.